The van der Waals surface area contributed by atoms with E-state index in [0.29, 0.717) is 6.04 Å². The molecule has 1 amide bonds. The van der Waals surface area contributed by atoms with Crippen molar-refractivity contribution in [1.29, 1.82) is 0 Å². The Morgan fingerprint density at radius 1 is 0.933 bits per heavy atom. The standard InChI is InChI=1S/C25H34N2O3/c1-20-5-9-23(10-6-20)29-18-4-15-27-16-13-22(14-17-27)26(3)25(28)19-30-24-11-7-21(2)8-12-24/h5-12,22H,4,13-19H2,1-3H3. The normalized spacial score (nSPS) is 15.0. The second-order valence-corrected chi connectivity index (χ2v) is 8.19. The summed E-state index contributed by atoms with van der Waals surface area (Å²) in [5, 5.41) is 0. The number of aryl methyl sites for hydroxylation is 2. The van der Waals surface area contributed by atoms with Gasteiger partial charge in [0.05, 0.1) is 6.61 Å². The van der Waals surface area contributed by atoms with Crippen LogP contribution in [0.1, 0.15) is 30.4 Å². The first-order valence-corrected chi connectivity index (χ1v) is 10.9. The molecule has 2 aromatic rings. The lowest BCUT2D eigenvalue weighted by molar-refractivity contribution is -0.135. The average molecular weight is 411 g/mol. The minimum absolute atomic E-state index is 0.0422. The number of carbonyl (C=O) groups excluding carboxylic acids is 1. The Morgan fingerprint density at radius 2 is 1.47 bits per heavy atom. The first-order chi connectivity index (χ1) is 14.5. The molecule has 2 aromatic carbocycles. The SMILES string of the molecule is Cc1ccc(OCCCN2CCC(N(C)C(=O)COc3ccc(C)cc3)CC2)cc1. The Kier molecular flexibility index (Phi) is 8.14. The van der Waals surface area contributed by atoms with Gasteiger partial charge in [0.2, 0.25) is 0 Å². The summed E-state index contributed by atoms with van der Waals surface area (Å²) in [7, 11) is 1.90. The fourth-order valence-corrected chi connectivity index (χ4v) is 3.73. The van der Waals surface area contributed by atoms with Crippen LogP contribution in [0.25, 0.3) is 0 Å². The summed E-state index contributed by atoms with van der Waals surface area (Å²) in [6.07, 6.45) is 3.02. The van der Waals surface area contributed by atoms with Crippen LogP contribution in [0.5, 0.6) is 11.5 Å². The number of rotatable bonds is 9. The van der Waals surface area contributed by atoms with E-state index in [1.54, 1.807) is 0 Å². The predicted octanol–water partition coefficient (Wildman–Crippen LogP) is 4.07. The highest BCUT2D eigenvalue weighted by Gasteiger charge is 2.25. The van der Waals surface area contributed by atoms with Gasteiger partial charge in [0.15, 0.2) is 6.61 Å². The van der Waals surface area contributed by atoms with Crippen molar-refractivity contribution in [2.45, 2.75) is 39.2 Å². The van der Waals surface area contributed by atoms with Crippen LogP contribution in [0.4, 0.5) is 0 Å². The monoisotopic (exact) mass is 410 g/mol. The Balaban J connectivity index is 1.31. The van der Waals surface area contributed by atoms with Gasteiger partial charge in [-0.25, -0.2) is 0 Å². The van der Waals surface area contributed by atoms with E-state index in [-0.39, 0.29) is 12.5 Å². The maximum absolute atomic E-state index is 12.5. The van der Waals surface area contributed by atoms with Crippen molar-refractivity contribution in [2.75, 3.05) is 39.9 Å². The van der Waals surface area contributed by atoms with Gasteiger partial charge in [0, 0.05) is 32.7 Å². The molecule has 162 valence electrons. The van der Waals surface area contributed by atoms with Gasteiger partial charge in [-0.05, 0) is 57.4 Å². The molecule has 1 aliphatic rings. The maximum Gasteiger partial charge on any atom is 0.260 e. The molecule has 0 N–H and O–H groups in total. The van der Waals surface area contributed by atoms with Gasteiger partial charge in [-0.15, -0.1) is 0 Å². The molecule has 30 heavy (non-hydrogen) atoms. The van der Waals surface area contributed by atoms with Crippen molar-refractivity contribution >= 4 is 5.91 Å². The molecule has 0 aliphatic carbocycles. The molecule has 0 saturated carbocycles. The summed E-state index contributed by atoms with van der Waals surface area (Å²) in [6.45, 7) is 8.01. The lowest BCUT2D eigenvalue weighted by atomic mass is 10.0. The molecule has 0 unspecified atom stereocenters. The van der Waals surface area contributed by atoms with E-state index in [0.717, 1.165) is 57.0 Å². The van der Waals surface area contributed by atoms with E-state index in [2.05, 4.69) is 24.0 Å². The van der Waals surface area contributed by atoms with Crippen molar-refractivity contribution < 1.29 is 14.3 Å². The summed E-state index contributed by atoms with van der Waals surface area (Å²) in [6, 6.07) is 16.3. The Morgan fingerprint density at radius 3 is 2.03 bits per heavy atom. The lowest BCUT2D eigenvalue weighted by Gasteiger charge is -2.36. The van der Waals surface area contributed by atoms with Crippen molar-refractivity contribution in [1.82, 2.24) is 9.80 Å². The molecule has 1 saturated heterocycles. The Labute approximate surface area is 180 Å². The maximum atomic E-state index is 12.5. The molecule has 0 aromatic heterocycles. The molecule has 5 heteroatoms. The van der Waals surface area contributed by atoms with Gasteiger partial charge < -0.3 is 19.3 Å². The van der Waals surface area contributed by atoms with Crippen LogP contribution in [0.2, 0.25) is 0 Å². The minimum atomic E-state index is 0.0422. The van der Waals surface area contributed by atoms with Crippen molar-refractivity contribution in [2.24, 2.45) is 0 Å². The van der Waals surface area contributed by atoms with E-state index in [4.69, 9.17) is 9.47 Å². The van der Waals surface area contributed by atoms with Crippen molar-refractivity contribution in [3.8, 4) is 11.5 Å². The second kappa shape index (κ2) is 11.0. The van der Waals surface area contributed by atoms with Gasteiger partial charge in [0.25, 0.3) is 5.91 Å². The number of ether oxygens (including phenoxy) is 2. The van der Waals surface area contributed by atoms with Gasteiger partial charge in [-0.3, -0.25) is 4.79 Å². The van der Waals surface area contributed by atoms with E-state index >= 15 is 0 Å². The van der Waals surface area contributed by atoms with Gasteiger partial charge in [-0.2, -0.15) is 0 Å². The van der Waals surface area contributed by atoms with E-state index in [1.165, 1.54) is 11.1 Å². The molecule has 0 bridgehead atoms. The number of hydrogen-bond acceptors (Lipinski definition) is 4. The van der Waals surface area contributed by atoms with Crippen LogP contribution >= 0.6 is 0 Å². The van der Waals surface area contributed by atoms with Crippen LogP contribution < -0.4 is 9.47 Å². The third-order valence-electron chi connectivity index (χ3n) is 5.79. The molecule has 5 nitrogen and oxygen atoms in total. The molecule has 3 rings (SSSR count). The summed E-state index contributed by atoms with van der Waals surface area (Å²) in [5.74, 6) is 1.72. The van der Waals surface area contributed by atoms with Crippen LogP contribution in [0.3, 0.4) is 0 Å². The highest BCUT2D eigenvalue weighted by molar-refractivity contribution is 5.77. The number of likely N-dealkylation sites (tertiary alicyclic amines) is 1. The lowest BCUT2D eigenvalue weighted by Crippen LogP contribution is -2.47. The summed E-state index contributed by atoms with van der Waals surface area (Å²) in [4.78, 5) is 16.8. The van der Waals surface area contributed by atoms with E-state index in [1.807, 2.05) is 55.3 Å². The fourth-order valence-electron chi connectivity index (χ4n) is 3.73. The fraction of sp³-hybridized carbons (Fsp3) is 0.480. The molecule has 0 spiro atoms. The largest absolute Gasteiger partial charge is 0.494 e. The molecular weight excluding hydrogens is 376 g/mol. The number of piperidine rings is 1. The molecule has 1 fully saturated rings. The van der Waals surface area contributed by atoms with Crippen LogP contribution in [0.15, 0.2) is 48.5 Å². The third-order valence-corrected chi connectivity index (χ3v) is 5.79. The average Bonchev–Trinajstić information content (AvgIpc) is 2.77. The van der Waals surface area contributed by atoms with Crippen LogP contribution in [-0.2, 0) is 4.79 Å². The molecule has 1 aliphatic heterocycles. The van der Waals surface area contributed by atoms with E-state index in [9.17, 15) is 4.79 Å². The number of nitrogens with zero attached hydrogens (tertiary/aromatic N) is 2. The summed E-state index contributed by atoms with van der Waals surface area (Å²) in [5.41, 5.74) is 2.43. The van der Waals surface area contributed by atoms with Crippen molar-refractivity contribution in [3.63, 3.8) is 0 Å². The summed E-state index contributed by atoms with van der Waals surface area (Å²) >= 11 is 0. The Bertz CT molecular complexity index is 781. The highest BCUT2D eigenvalue weighted by atomic mass is 16.5. The summed E-state index contributed by atoms with van der Waals surface area (Å²) < 4.78 is 11.5. The number of amides is 1. The highest BCUT2D eigenvalue weighted by Crippen LogP contribution is 2.17. The minimum Gasteiger partial charge on any atom is -0.494 e. The van der Waals surface area contributed by atoms with Crippen molar-refractivity contribution in [3.05, 3.63) is 59.7 Å². The first-order valence-electron chi connectivity index (χ1n) is 10.9. The topological polar surface area (TPSA) is 42.0 Å². The zero-order chi connectivity index (χ0) is 21.3. The van der Waals surface area contributed by atoms with Crippen LogP contribution in [0, 0.1) is 13.8 Å². The van der Waals surface area contributed by atoms with Gasteiger partial charge in [0.1, 0.15) is 11.5 Å². The van der Waals surface area contributed by atoms with E-state index < -0.39 is 0 Å². The molecular formula is C25H34N2O3. The number of benzene rings is 2. The number of likely N-dealkylation sites (N-methyl/N-ethyl adjacent to an activating group) is 1. The second-order valence-electron chi connectivity index (χ2n) is 8.19. The molecule has 0 atom stereocenters. The van der Waals surface area contributed by atoms with Gasteiger partial charge >= 0.3 is 0 Å². The molecule has 0 radical (unpaired) electrons. The third kappa shape index (κ3) is 6.77. The number of hydrogen-bond donors (Lipinski definition) is 0. The number of carbonyl (C=O) groups is 1. The Hall–Kier alpha value is -2.53. The quantitative estimate of drug-likeness (QED) is 0.585. The zero-order valence-electron chi connectivity index (χ0n) is 18.5. The zero-order valence-corrected chi connectivity index (χ0v) is 18.5. The first kappa shape index (κ1) is 22.2. The molecule has 1 heterocycles. The van der Waals surface area contributed by atoms with Crippen LogP contribution in [-0.4, -0.2) is 61.6 Å². The smallest absolute Gasteiger partial charge is 0.260 e. The van der Waals surface area contributed by atoms with Gasteiger partial charge in [-0.1, -0.05) is 35.4 Å². The predicted molar refractivity (Wildman–Crippen MR) is 120 cm³/mol.